The molecule has 0 saturated heterocycles. The molecule has 3 aromatic rings. The van der Waals surface area contributed by atoms with E-state index in [1.165, 1.54) is 10.4 Å². The summed E-state index contributed by atoms with van der Waals surface area (Å²) in [5, 5.41) is 8.69. The van der Waals surface area contributed by atoms with Gasteiger partial charge in [-0.05, 0) is 10.4 Å². The summed E-state index contributed by atoms with van der Waals surface area (Å²) < 4.78 is 1.71. The Kier molecular flexibility index (Phi) is 7.83. The number of carbonyl (C=O) groups is 1. The number of rotatable bonds is 5. The summed E-state index contributed by atoms with van der Waals surface area (Å²) in [4.78, 5) is 13.6. The molecular weight excluding hydrogens is 611 g/mol. The van der Waals surface area contributed by atoms with Crippen LogP contribution in [-0.4, -0.2) is 30.0 Å². The number of aryl methyl sites for hydroxylation is 1. The van der Waals surface area contributed by atoms with Crippen LogP contribution in [0.5, 0.6) is 0 Å². The second-order valence-electron chi connectivity index (χ2n) is 6.07. The quantitative estimate of drug-likeness (QED) is 0.218. The molecule has 0 amide bonds. The third-order valence-electron chi connectivity index (χ3n) is 3.43. The van der Waals surface area contributed by atoms with Crippen molar-refractivity contribution >= 4 is 67.9 Å². The third-order valence-corrected chi connectivity index (χ3v) is 3.43. The number of aromatic nitrogens is 4. The van der Waals surface area contributed by atoms with Gasteiger partial charge in [-0.1, -0.05) is 60.7 Å². The van der Waals surface area contributed by atoms with Crippen molar-refractivity contribution in [3.8, 4) is 0 Å². The second kappa shape index (κ2) is 9.08. The molecule has 0 aliphatic carbocycles. The number of hydrogen-bond acceptors (Lipinski definition) is 3. The number of carbonyl (C=O) groups excluding carboxylic acids is 1. The molecular formula is C17H17Cl6N4OSb. The molecule has 5 nitrogen and oxygen atoms in total. The molecule has 0 aliphatic heterocycles. The average molecular weight is 628 g/mol. The van der Waals surface area contributed by atoms with Crippen LogP contribution < -0.4 is 4.68 Å². The molecule has 0 aliphatic rings. The molecule has 2 aromatic carbocycles. The van der Waals surface area contributed by atoms with E-state index >= 15 is 0 Å². The van der Waals surface area contributed by atoms with Gasteiger partial charge >= 0.3 is 67.9 Å². The summed E-state index contributed by atoms with van der Waals surface area (Å²) in [7, 11) is 26.8. The molecule has 29 heavy (non-hydrogen) atoms. The first kappa shape index (κ1) is 25.0. The van der Waals surface area contributed by atoms with Gasteiger partial charge < -0.3 is 0 Å². The molecule has 0 unspecified atom stereocenters. The molecule has 0 fully saturated rings. The Morgan fingerprint density at radius 2 is 1.41 bits per heavy atom. The zero-order valence-corrected chi connectivity index (χ0v) is 22.2. The Morgan fingerprint density at radius 1 is 0.931 bits per heavy atom. The Hall–Kier alpha value is -0.262. The maximum atomic E-state index is 12.2. The van der Waals surface area contributed by atoms with Gasteiger partial charge in [0.1, 0.15) is 0 Å². The van der Waals surface area contributed by atoms with Gasteiger partial charge in [0.25, 0.3) is 0 Å². The van der Waals surface area contributed by atoms with Gasteiger partial charge in [-0.2, -0.15) is 0 Å². The van der Waals surface area contributed by atoms with Crippen LogP contribution in [0.3, 0.4) is 0 Å². The number of halogens is 6. The van der Waals surface area contributed by atoms with Crippen LogP contribution in [-0.2, 0) is 20.0 Å². The van der Waals surface area contributed by atoms with Crippen molar-refractivity contribution in [2.45, 2.75) is 13.0 Å². The molecule has 0 saturated carbocycles. The van der Waals surface area contributed by atoms with Gasteiger partial charge in [0.05, 0.1) is 23.8 Å². The SMILES string of the molecule is C[n+]1nn(CC(=O)c2ccccc2)nc1Cc1ccccc1.[Cl][Sb-]([Cl])([Cl])([Cl])([Cl])[Cl]. The zero-order valence-electron chi connectivity index (χ0n) is 15.1. The Bertz CT molecular complexity index is 965. The van der Waals surface area contributed by atoms with E-state index in [0.717, 1.165) is 5.82 Å². The first-order valence-corrected chi connectivity index (χ1v) is 27.6. The summed E-state index contributed by atoms with van der Waals surface area (Å²) in [6, 6.07) is 19.3. The van der Waals surface area contributed by atoms with Gasteiger partial charge in [-0.15, -0.1) is 4.68 Å². The molecule has 12 heteroatoms. The third kappa shape index (κ3) is 11.6. The number of hydrogen-bond donors (Lipinski definition) is 0. The normalized spacial score (nSPS) is 13.6. The van der Waals surface area contributed by atoms with Gasteiger partial charge in [-0.25, -0.2) is 0 Å². The maximum absolute atomic E-state index is 12.2. The van der Waals surface area contributed by atoms with E-state index in [1.807, 2.05) is 55.6 Å². The Morgan fingerprint density at radius 3 is 1.93 bits per heavy atom. The fraction of sp³-hybridized carbons (Fsp3) is 0.176. The number of tetrazole rings is 1. The number of Topliss-reactive ketones (excluding diaryl/α,β-unsaturated/α-hetero) is 1. The van der Waals surface area contributed by atoms with Crippen molar-refractivity contribution in [1.82, 2.24) is 15.1 Å². The van der Waals surface area contributed by atoms with Gasteiger partial charge in [-0.3, -0.25) is 4.79 Å². The van der Waals surface area contributed by atoms with Crippen LogP contribution >= 0.6 is 53.0 Å². The first-order chi connectivity index (χ1) is 13.2. The monoisotopic (exact) mass is 624 g/mol. The van der Waals surface area contributed by atoms with Crippen LogP contribution in [0.4, 0.5) is 0 Å². The van der Waals surface area contributed by atoms with Crippen molar-refractivity contribution in [3.63, 3.8) is 0 Å². The topological polar surface area (TPSA) is 51.7 Å². The molecule has 158 valence electrons. The zero-order chi connectivity index (χ0) is 21.8. The van der Waals surface area contributed by atoms with E-state index in [1.54, 1.807) is 16.8 Å². The van der Waals surface area contributed by atoms with Crippen molar-refractivity contribution in [3.05, 3.63) is 77.6 Å². The molecule has 0 radical (unpaired) electrons. The minimum absolute atomic E-state index is 0.00228. The van der Waals surface area contributed by atoms with Crippen LogP contribution in [0.15, 0.2) is 60.7 Å². The number of nitrogens with zero attached hydrogens (tertiary/aromatic N) is 4. The number of benzene rings is 2. The fourth-order valence-corrected chi connectivity index (χ4v) is 2.26. The molecule has 1 aromatic heterocycles. The summed E-state index contributed by atoms with van der Waals surface area (Å²) >= 11 is 0. The summed E-state index contributed by atoms with van der Waals surface area (Å²) in [6.45, 7) is 0.145. The van der Waals surface area contributed by atoms with Gasteiger partial charge in [0.15, 0.2) is 6.54 Å². The van der Waals surface area contributed by atoms with Gasteiger partial charge in [0.2, 0.25) is 5.78 Å². The van der Waals surface area contributed by atoms with Crippen LogP contribution in [0.2, 0.25) is 0 Å². The van der Waals surface area contributed by atoms with E-state index < -0.39 is 9.14 Å². The predicted molar refractivity (Wildman–Crippen MR) is 122 cm³/mol. The van der Waals surface area contributed by atoms with Crippen LogP contribution in [0, 0.1) is 0 Å². The average Bonchev–Trinajstić information content (AvgIpc) is 2.93. The molecule has 1 heterocycles. The van der Waals surface area contributed by atoms with Crippen molar-refractivity contribution in [1.29, 1.82) is 0 Å². The van der Waals surface area contributed by atoms with Gasteiger partial charge in [0, 0.05) is 5.56 Å². The van der Waals surface area contributed by atoms with Crippen LogP contribution in [0.25, 0.3) is 0 Å². The van der Waals surface area contributed by atoms with E-state index in [9.17, 15) is 4.79 Å². The molecule has 0 N–H and O–H groups in total. The first-order valence-electron chi connectivity index (χ1n) is 8.16. The van der Waals surface area contributed by atoms with Crippen molar-refractivity contribution in [2.75, 3.05) is 0 Å². The van der Waals surface area contributed by atoms with E-state index in [-0.39, 0.29) is 12.3 Å². The van der Waals surface area contributed by atoms with E-state index in [4.69, 9.17) is 53.0 Å². The summed E-state index contributed by atoms with van der Waals surface area (Å²) in [5.74, 6) is 0.828. The summed E-state index contributed by atoms with van der Waals surface area (Å²) in [6.07, 6.45) is 0.691. The Balaban J connectivity index is 0.000000370. The number of ketones is 1. The van der Waals surface area contributed by atoms with E-state index in [0.29, 0.717) is 12.0 Å². The molecule has 3 rings (SSSR count). The molecule has 0 atom stereocenters. The fourth-order valence-electron chi connectivity index (χ4n) is 2.26. The Labute approximate surface area is 188 Å². The predicted octanol–water partition coefficient (Wildman–Crippen LogP) is 5.33. The van der Waals surface area contributed by atoms with Crippen molar-refractivity contribution < 1.29 is 9.48 Å². The molecule has 0 bridgehead atoms. The van der Waals surface area contributed by atoms with Crippen LogP contribution in [0.1, 0.15) is 21.7 Å². The standard InChI is InChI=1S/C17H17N4O.6ClH.Sb/c1-20-17(12-14-8-4-2-5-9-14)18-21(19-20)13-16(22)15-10-6-3-7-11-15;;;;;;;/h2-11H,12-13H2,1H3;6*1H;/q+1;;;;;;;+5/p-6. The molecule has 0 spiro atoms. The summed E-state index contributed by atoms with van der Waals surface area (Å²) in [5.41, 5.74) is 1.84. The van der Waals surface area contributed by atoms with Crippen molar-refractivity contribution in [2.24, 2.45) is 7.05 Å². The van der Waals surface area contributed by atoms with E-state index in [2.05, 4.69) is 10.3 Å². The second-order valence-corrected chi connectivity index (χ2v) is 63.0. The minimum atomic E-state index is -5.42.